The predicted octanol–water partition coefficient (Wildman–Crippen LogP) is 2.91. The van der Waals surface area contributed by atoms with Crippen LogP contribution in [0.5, 0.6) is 0 Å². The molecule has 2 saturated heterocycles. The van der Waals surface area contributed by atoms with Gasteiger partial charge in [0.25, 0.3) is 5.91 Å². The average Bonchev–Trinajstić information content (AvgIpc) is 2.83. The molecule has 0 unspecified atom stereocenters. The Kier molecular flexibility index (Phi) is 6.47. The van der Waals surface area contributed by atoms with E-state index < -0.39 is 5.41 Å². The molecule has 2 aliphatic rings. The summed E-state index contributed by atoms with van der Waals surface area (Å²) in [5, 5.41) is 2.61. The lowest BCUT2D eigenvalue weighted by atomic mass is 9.72. The van der Waals surface area contributed by atoms with Crippen LogP contribution in [-0.2, 0) is 20.4 Å². The van der Waals surface area contributed by atoms with E-state index in [1.54, 1.807) is 19.2 Å². The Bertz CT molecular complexity index is 1040. The van der Waals surface area contributed by atoms with E-state index in [0.29, 0.717) is 63.5 Å². The first kappa shape index (κ1) is 23.3. The van der Waals surface area contributed by atoms with Gasteiger partial charge in [-0.3, -0.25) is 9.59 Å². The molecular weight excluding hydrogens is 423 g/mol. The molecule has 33 heavy (non-hydrogen) atoms. The number of nitrogens with zero attached hydrogens (tertiary/aromatic N) is 3. The van der Waals surface area contributed by atoms with Gasteiger partial charge in [-0.05, 0) is 56.4 Å². The zero-order chi connectivity index (χ0) is 23.6. The number of amides is 2. The largest absolute Gasteiger partial charge is 0.381 e. The minimum Gasteiger partial charge on any atom is -0.381 e. The number of carbonyl (C=O) groups excluding carboxylic acids is 2. The molecule has 4 rings (SSSR count). The van der Waals surface area contributed by atoms with Gasteiger partial charge in [0.15, 0.2) is 0 Å². The van der Waals surface area contributed by atoms with Gasteiger partial charge in [0.1, 0.15) is 17.3 Å². The smallest absolute Gasteiger partial charge is 0.269 e. The number of likely N-dealkylation sites (tertiary alicyclic amines) is 1. The summed E-state index contributed by atoms with van der Waals surface area (Å²) in [6.07, 6.45) is 2.45. The molecule has 1 aromatic heterocycles. The van der Waals surface area contributed by atoms with Gasteiger partial charge in [-0.25, -0.2) is 14.4 Å². The van der Waals surface area contributed by atoms with Crippen LogP contribution in [0.1, 0.15) is 60.2 Å². The molecule has 0 spiro atoms. The minimum absolute atomic E-state index is 0.0367. The third kappa shape index (κ3) is 4.49. The van der Waals surface area contributed by atoms with Gasteiger partial charge in [-0.15, -0.1) is 0 Å². The predicted molar refractivity (Wildman–Crippen MR) is 121 cm³/mol. The summed E-state index contributed by atoms with van der Waals surface area (Å²) in [6, 6.07) is 8.08. The van der Waals surface area contributed by atoms with Crippen LogP contribution < -0.4 is 5.32 Å². The second-order valence-corrected chi connectivity index (χ2v) is 9.35. The van der Waals surface area contributed by atoms with Crippen molar-refractivity contribution in [2.75, 3.05) is 33.4 Å². The van der Waals surface area contributed by atoms with Crippen LogP contribution >= 0.6 is 0 Å². The van der Waals surface area contributed by atoms with E-state index in [9.17, 15) is 14.0 Å². The topological polar surface area (TPSA) is 84.4 Å². The molecule has 0 radical (unpaired) electrons. The standard InChI is InChI=1S/C25H31FN4O3/c1-17-15-20(21(31)27-3)29-22(28-17)24(2)7-11-30(12-8-24)23(32)25(9-13-33-14-10-25)18-5-4-6-19(26)16-18/h4-6,15-16H,7-14H2,1-3H3,(H,27,31). The molecule has 0 saturated carbocycles. The van der Waals surface area contributed by atoms with Crippen molar-refractivity contribution in [2.24, 2.45) is 0 Å². The molecule has 7 nitrogen and oxygen atoms in total. The summed E-state index contributed by atoms with van der Waals surface area (Å²) in [4.78, 5) is 37.0. The van der Waals surface area contributed by atoms with Crippen LogP contribution in [0.25, 0.3) is 0 Å². The third-order valence-electron chi connectivity index (χ3n) is 7.14. The highest BCUT2D eigenvalue weighted by atomic mass is 19.1. The van der Waals surface area contributed by atoms with Crippen molar-refractivity contribution >= 4 is 11.8 Å². The van der Waals surface area contributed by atoms with Crippen LogP contribution in [0.15, 0.2) is 30.3 Å². The van der Waals surface area contributed by atoms with Crippen molar-refractivity contribution in [1.29, 1.82) is 0 Å². The van der Waals surface area contributed by atoms with Crippen LogP contribution in [0, 0.1) is 12.7 Å². The fraction of sp³-hybridized carbons (Fsp3) is 0.520. The van der Waals surface area contributed by atoms with Crippen LogP contribution in [0.3, 0.4) is 0 Å². The molecule has 0 aliphatic carbocycles. The number of piperidine rings is 1. The van der Waals surface area contributed by atoms with Gasteiger partial charge in [0, 0.05) is 44.5 Å². The highest BCUT2D eigenvalue weighted by molar-refractivity contribution is 5.92. The Morgan fingerprint density at radius 2 is 1.79 bits per heavy atom. The van der Waals surface area contributed by atoms with E-state index in [1.165, 1.54) is 12.1 Å². The quantitative estimate of drug-likeness (QED) is 0.768. The first-order valence-corrected chi connectivity index (χ1v) is 11.5. The van der Waals surface area contributed by atoms with Crippen molar-refractivity contribution in [3.8, 4) is 0 Å². The molecule has 8 heteroatoms. The number of carbonyl (C=O) groups is 2. The Morgan fingerprint density at radius 1 is 1.09 bits per heavy atom. The lowest BCUT2D eigenvalue weighted by molar-refractivity contribution is -0.143. The molecule has 176 valence electrons. The summed E-state index contributed by atoms with van der Waals surface area (Å²) in [7, 11) is 1.58. The third-order valence-corrected chi connectivity index (χ3v) is 7.14. The van der Waals surface area contributed by atoms with Crippen molar-refractivity contribution in [2.45, 2.75) is 50.4 Å². The van der Waals surface area contributed by atoms with E-state index in [-0.39, 0.29) is 23.0 Å². The van der Waals surface area contributed by atoms with E-state index in [0.717, 1.165) is 11.3 Å². The fourth-order valence-corrected chi connectivity index (χ4v) is 4.94. The molecule has 2 amide bonds. The number of benzene rings is 1. The number of halogens is 1. The van der Waals surface area contributed by atoms with Gasteiger partial charge in [-0.2, -0.15) is 0 Å². The number of aromatic nitrogens is 2. The van der Waals surface area contributed by atoms with Gasteiger partial charge < -0.3 is 15.0 Å². The summed E-state index contributed by atoms with van der Waals surface area (Å²) in [5.74, 6) is 0.101. The molecular formula is C25H31FN4O3. The zero-order valence-corrected chi connectivity index (χ0v) is 19.5. The highest BCUT2D eigenvalue weighted by Gasteiger charge is 2.46. The number of rotatable bonds is 4. The van der Waals surface area contributed by atoms with Gasteiger partial charge in [-0.1, -0.05) is 19.1 Å². The van der Waals surface area contributed by atoms with Crippen LogP contribution in [-0.4, -0.2) is 60.0 Å². The van der Waals surface area contributed by atoms with Crippen molar-refractivity contribution in [1.82, 2.24) is 20.2 Å². The Balaban J connectivity index is 1.56. The second kappa shape index (κ2) is 9.17. The molecule has 1 N–H and O–H groups in total. The average molecular weight is 455 g/mol. The molecule has 2 aliphatic heterocycles. The number of nitrogens with one attached hydrogen (secondary N) is 1. The van der Waals surface area contributed by atoms with E-state index >= 15 is 0 Å². The monoisotopic (exact) mass is 454 g/mol. The minimum atomic E-state index is -0.764. The summed E-state index contributed by atoms with van der Waals surface area (Å²) >= 11 is 0. The maximum Gasteiger partial charge on any atom is 0.269 e. The number of hydrogen-bond donors (Lipinski definition) is 1. The van der Waals surface area contributed by atoms with Crippen molar-refractivity contribution in [3.05, 3.63) is 58.9 Å². The molecule has 0 atom stereocenters. The molecule has 2 aromatic rings. The zero-order valence-electron chi connectivity index (χ0n) is 19.5. The fourth-order valence-electron chi connectivity index (χ4n) is 4.94. The molecule has 0 bridgehead atoms. The number of hydrogen-bond acceptors (Lipinski definition) is 5. The number of aryl methyl sites for hydroxylation is 1. The Labute approximate surface area is 193 Å². The first-order chi connectivity index (χ1) is 15.8. The van der Waals surface area contributed by atoms with E-state index in [1.807, 2.05) is 17.9 Å². The second-order valence-electron chi connectivity index (χ2n) is 9.35. The highest BCUT2D eigenvalue weighted by Crippen LogP contribution is 2.40. The van der Waals surface area contributed by atoms with Crippen molar-refractivity contribution in [3.63, 3.8) is 0 Å². The Hall–Kier alpha value is -2.87. The summed E-state index contributed by atoms with van der Waals surface area (Å²) < 4.78 is 19.6. The van der Waals surface area contributed by atoms with E-state index in [2.05, 4.69) is 22.2 Å². The lowest BCUT2D eigenvalue weighted by Gasteiger charge is -2.44. The molecule has 2 fully saturated rings. The molecule has 3 heterocycles. The van der Waals surface area contributed by atoms with Crippen LogP contribution in [0.4, 0.5) is 4.39 Å². The lowest BCUT2D eigenvalue weighted by Crippen LogP contribution is -2.53. The maximum absolute atomic E-state index is 14.0. The van der Waals surface area contributed by atoms with Crippen molar-refractivity contribution < 1.29 is 18.7 Å². The molecule has 1 aromatic carbocycles. The van der Waals surface area contributed by atoms with Gasteiger partial charge >= 0.3 is 0 Å². The number of ether oxygens (including phenoxy) is 1. The van der Waals surface area contributed by atoms with Gasteiger partial charge in [0.2, 0.25) is 5.91 Å². The normalized spacial score (nSPS) is 19.7. The SMILES string of the molecule is CNC(=O)c1cc(C)nc(C2(C)CCN(C(=O)C3(c4cccc(F)c4)CCOCC3)CC2)n1. The Morgan fingerprint density at radius 3 is 2.42 bits per heavy atom. The van der Waals surface area contributed by atoms with E-state index in [4.69, 9.17) is 4.74 Å². The maximum atomic E-state index is 14.0. The first-order valence-electron chi connectivity index (χ1n) is 11.5. The summed E-state index contributed by atoms with van der Waals surface area (Å²) in [6.45, 7) is 6.02. The van der Waals surface area contributed by atoms with Crippen LogP contribution in [0.2, 0.25) is 0 Å². The summed E-state index contributed by atoms with van der Waals surface area (Å²) in [5.41, 5.74) is 0.715. The van der Waals surface area contributed by atoms with Gasteiger partial charge in [0.05, 0.1) is 5.41 Å².